The maximum absolute atomic E-state index is 12.7. The number of methoxy groups -OCH3 is 1. The van der Waals surface area contributed by atoms with Crippen molar-refractivity contribution in [1.82, 2.24) is 4.90 Å². The third-order valence-corrected chi connectivity index (χ3v) is 5.63. The summed E-state index contributed by atoms with van der Waals surface area (Å²) < 4.78 is 10.7. The van der Waals surface area contributed by atoms with Gasteiger partial charge in [-0.15, -0.1) is 0 Å². The number of nitrogens with one attached hydrogen (secondary N) is 2. The van der Waals surface area contributed by atoms with E-state index in [1.54, 1.807) is 55.6 Å². The summed E-state index contributed by atoms with van der Waals surface area (Å²) in [7, 11) is 1.57. The summed E-state index contributed by atoms with van der Waals surface area (Å²) in [4.78, 5) is 27.2. The van der Waals surface area contributed by atoms with E-state index in [1.807, 2.05) is 18.2 Å². The largest absolute Gasteiger partial charge is 0.497 e. The second-order valence-corrected chi connectivity index (χ2v) is 8.23. The number of hydrogen-bond acceptors (Lipinski definition) is 5. The number of amides is 2. The summed E-state index contributed by atoms with van der Waals surface area (Å²) >= 11 is 0. The van der Waals surface area contributed by atoms with Gasteiger partial charge in [0, 0.05) is 29.5 Å². The van der Waals surface area contributed by atoms with E-state index in [2.05, 4.69) is 21.6 Å². The number of benzene rings is 3. The van der Waals surface area contributed by atoms with Crippen LogP contribution in [0.4, 0.5) is 11.4 Å². The standard InChI is InChI=1S/C27H29N3O4/c1-33-25-9-5-8-23(17-25)28-26(31)19-34-24-12-10-21(11-13-24)27(32)29-22-7-4-6-20(16-22)18-30-14-2-3-15-30/h4-13,16-17H,2-3,14-15,18-19H2,1H3,(H,28,31)(H,29,32). The van der Waals surface area contributed by atoms with Gasteiger partial charge in [0.1, 0.15) is 11.5 Å². The summed E-state index contributed by atoms with van der Waals surface area (Å²) in [5, 5.41) is 5.72. The quantitative estimate of drug-likeness (QED) is 0.490. The number of carbonyl (C=O) groups is 2. The highest BCUT2D eigenvalue weighted by Crippen LogP contribution is 2.19. The third-order valence-electron chi connectivity index (χ3n) is 5.63. The maximum Gasteiger partial charge on any atom is 0.262 e. The van der Waals surface area contributed by atoms with Crippen molar-refractivity contribution in [1.29, 1.82) is 0 Å². The number of rotatable bonds is 9. The summed E-state index contributed by atoms with van der Waals surface area (Å²) in [5.41, 5.74) is 3.11. The van der Waals surface area contributed by atoms with Gasteiger partial charge in [-0.1, -0.05) is 18.2 Å². The van der Waals surface area contributed by atoms with Gasteiger partial charge in [-0.3, -0.25) is 14.5 Å². The van der Waals surface area contributed by atoms with Crippen LogP contribution in [0.1, 0.15) is 28.8 Å². The molecule has 3 aromatic rings. The van der Waals surface area contributed by atoms with E-state index < -0.39 is 0 Å². The average Bonchev–Trinajstić information content (AvgIpc) is 3.36. The van der Waals surface area contributed by atoms with Crippen molar-refractivity contribution in [3.63, 3.8) is 0 Å². The van der Waals surface area contributed by atoms with Crippen LogP contribution in [-0.2, 0) is 11.3 Å². The Morgan fingerprint density at radius 2 is 1.56 bits per heavy atom. The molecule has 4 rings (SSSR count). The van der Waals surface area contributed by atoms with Crippen molar-refractivity contribution in [2.45, 2.75) is 19.4 Å². The minimum absolute atomic E-state index is 0.146. The number of ether oxygens (including phenoxy) is 2. The van der Waals surface area contributed by atoms with Crippen LogP contribution < -0.4 is 20.1 Å². The van der Waals surface area contributed by atoms with Crippen LogP contribution in [0.2, 0.25) is 0 Å². The van der Waals surface area contributed by atoms with E-state index in [0.29, 0.717) is 22.7 Å². The summed E-state index contributed by atoms with van der Waals surface area (Å²) in [6.07, 6.45) is 2.51. The number of likely N-dealkylation sites (tertiary alicyclic amines) is 1. The van der Waals surface area contributed by atoms with Crippen LogP contribution in [0.3, 0.4) is 0 Å². The molecule has 0 saturated carbocycles. The van der Waals surface area contributed by atoms with Gasteiger partial charge in [0.2, 0.25) is 0 Å². The first kappa shape index (κ1) is 23.3. The Morgan fingerprint density at radius 3 is 2.29 bits per heavy atom. The van der Waals surface area contributed by atoms with Crippen LogP contribution in [0.25, 0.3) is 0 Å². The fourth-order valence-corrected chi connectivity index (χ4v) is 3.90. The van der Waals surface area contributed by atoms with Crippen molar-refractivity contribution >= 4 is 23.2 Å². The molecule has 2 N–H and O–H groups in total. The molecular formula is C27H29N3O4. The lowest BCUT2D eigenvalue weighted by molar-refractivity contribution is -0.118. The van der Waals surface area contributed by atoms with Crippen molar-refractivity contribution in [3.8, 4) is 11.5 Å². The molecule has 7 nitrogen and oxygen atoms in total. The molecular weight excluding hydrogens is 430 g/mol. The molecule has 1 fully saturated rings. The minimum Gasteiger partial charge on any atom is -0.497 e. The second kappa shape index (κ2) is 11.3. The number of anilines is 2. The highest BCUT2D eigenvalue weighted by atomic mass is 16.5. The van der Waals surface area contributed by atoms with E-state index >= 15 is 0 Å². The van der Waals surface area contributed by atoms with E-state index in [0.717, 1.165) is 25.3 Å². The highest BCUT2D eigenvalue weighted by molar-refractivity contribution is 6.04. The third kappa shape index (κ3) is 6.59. The Morgan fingerprint density at radius 1 is 0.853 bits per heavy atom. The van der Waals surface area contributed by atoms with Crippen LogP contribution in [0, 0.1) is 0 Å². The molecule has 0 spiro atoms. The molecule has 0 atom stereocenters. The minimum atomic E-state index is -0.288. The fraction of sp³-hybridized carbons (Fsp3) is 0.259. The van der Waals surface area contributed by atoms with Crippen molar-refractivity contribution < 1.29 is 19.1 Å². The molecule has 7 heteroatoms. The predicted molar refractivity (Wildman–Crippen MR) is 132 cm³/mol. The van der Waals surface area contributed by atoms with Gasteiger partial charge in [-0.25, -0.2) is 0 Å². The number of hydrogen-bond donors (Lipinski definition) is 2. The van der Waals surface area contributed by atoms with Crippen LogP contribution >= 0.6 is 0 Å². The molecule has 0 bridgehead atoms. The van der Waals surface area contributed by atoms with Crippen LogP contribution in [0.15, 0.2) is 72.8 Å². The first-order chi connectivity index (χ1) is 16.6. The SMILES string of the molecule is COc1cccc(NC(=O)COc2ccc(C(=O)Nc3cccc(CN4CCCC4)c3)cc2)c1. The first-order valence-electron chi connectivity index (χ1n) is 11.4. The molecule has 1 aliphatic rings. The molecule has 0 aliphatic carbocycles. The van der Waals surface area contributed by atoms with Gasteiger partial charge >= 0.3 is 0 Å². The highest BCUT2D eigenvalue weighted by Gasteiger charge is 2.13. The molecule has 2 amide bonds. The van der Waals surface area contributed by atoms with Gasteiger partial charge in [-0.2, -0.15) is 0 Å². The molecule has 0 radical (unpaired) electrons. The van der Waals surface area contributed by atoms with E-state index in [4.69, 9.17) is 9.47 Å². The fourth-order valence-electron chi connectivity index (χ4n) is 3.90. The lowest BCUT2D eigenvalue weighted by atomic mass is 10.1. The predicted octanol–water partition coefficient (Wildman–Crippen LogP) is 4.56. The van der Waals surface area contributed by atoms with Crippen molar-refractivity contribution in [2.24, 2.45) is 0 Å². The summed E-state index contributed by atoms with van der Waals surface area (Å²) in [6, 6.07) is 21.8. The van der Waals surface area contributed by atoms with Gasteiger partial charge in [0.05, 0.1) is 7.11 Å². The lowest BCUT2D eigenvalue weighted by Gasteiger charge is -2.15. The Hall–Kier alpha value is -3.84. The number of carbonyl (C=O) groups excluding carboxylic acids is 2. The van der Waals surface area contributed by atoms with Gasteiger partial charge in [-0.05, 0) is 80.0 Å². The molecule has 1 aliphatic heterocycles. The van der Waals surface area contributed by atoms with Crippen molar-refractivity contribution in [3.05, 3.63) is 83.9 Å². The van der Waals surface area contributed by atoms with Gasteiger partial charge in [0.15, 0.2) is 6.61 Å². The zero-order valence-electron chi connectivity index (χ0n) is 19.3. The average molecular weight is 460 g/mol. The molecule has 1 heterocycles. The maximum atomic E-state index is 12.7. The zero-order valence-corrected chi connectivity index (χ0v) is 19.3. The topological polar surface area (TPSA) is 79.9 Å². The van der Waals surface area contributed by atoms with Crippen molar-refractivity contribution in [2.75, 3.05) is 37.4 Å². The molecule has 3 aromatic carbocycles. The Bertz CT molecular complexity index is 1120. The molecule has 176 valence electrons. The Labute approximate surface area is 199 Å². The van der Waals surface area contributed by atoms with Gasteiger partial charge < -0.3 is 20.1 Å². The normalized spacial score (nSPS) is 13.3. The Kier molecular flexibility index (Phi) is 7.78. The zero-order chi connectivity index (χ0) is 23.8. The van der Waals surface area contributed by atoms with E-state index in [1.165, 1.54) is 18.4 Å². The molecule has 0 aromatic heterocycles. The number of nitrogens with zero attached hydrogens (tertiary/aromatic N) is 1. The lowest BCUT2D eigenvalue weighted by Crippen LogP contribution is -2.20. The first-order valence-corrected chi connectivity index (χ1v) is 11.4. The Balaban J connectivity index is 1.27. The summed E-state index contributed by atoms with van der Waals surface area (Å²) in [5.74, 6) is 0.681. The van der Waals surface area contributed by atoms with Crippen LogP contribution in [-0.4, -0.2) is 43.5 Å². The molecule has 0 unspecified atom stereocenters. The van der Waals surface area contributed by atoms with E-state index in [-0.39, 0.29) is 18.4 Å². The van der Waals surface area contributed by atoms with E-state index in [9.17, 15) is 9.59 Å². The molecule has 34 heavy (non-hydrogen) atoms. The second-order valence-electron chi connectivity index (χ2n) is 8.23. The van der Waals surface area contributed by atoms with Crippen LogP contribution in [0.5, 0.6) is 11.5 Å². The molecule has 1 saturated heterocycles. The smallest absolute Gasteiger partial charge is 0.262 e. The monoisotopic (exact) mass is 459 g/mol. The van der Waals surface area contributed by atoms with Gasteiger partial charge in [0.25, 0.3) is 11.8 Å². The summed E-state index contributed by atoms with van der Waals surface area (Å²) in [6.45, 7) is 3.02.